The molecule has 0 aromatic carbocycles. The molecule has 0 heterocycles. The number of hydrazine groups is 2. The Morgan fingerprint density at radius 2 is 1.73 bits per heavy atom. The van der Waals surface area contributed by atoms with Crippen molar-refractivity contribution in [1.29, 1.82) is 0 Å². The molecule has 0 spiro atoms. The minimum atomic E-state index is -0.599. The van der Waals surface area contributed by atoms with E-state index in [4.69, 9.17) is 22.8 Å². The Labute approximate surface area is 138 Å². The highest BCUT2D eigenvalue weighted by molar-refractivity contribution is 7.81. The highest BCUT2D eigenvalue weighted by Crippen LogP contribution is 2.00. The van der Waals surface area contributed by atoms with Crippen molar-refractivity contribution in [2.45, 2.75) is 34.6 Å². The van der Waals surface area contributed by atoms with E-state index in [-0.39, 0.29) is 23.4 Å². The van der Waals surface area contributed by atoms with Crippen molar-refractivity contribution >= 4 is 29.1 Å². The summed E-state index contributed by atoms with van der Waals surface area (Å²) < 4.78 is 4.97. The molecule has 0 fully saturated rings. The van der Waals surface area contributed by atoms with Crippen LogP contribution in [0.5, 0.6) is 0 Å². The lowest BCUT2D eigenvalue weighted by molar-refractivity contribution is -0.141. The number of ether oxygens (including phenoxy) is 1. The first kappa shape index (κ1) is 20.8. The smallest absolute Gasteiger partial charge is 0.316 e. The summed E-state index contributed by atoms with van der Waals surface area (Å²) in [5.41, 5.74) is 2.49. The summed E-state index contributed by atoms with van der Waals surface area (Å²) >= 11 is 4.83. The van der Waals surface area contributed by atoms with Gasteiger partial charge in [-0.1, -0.05) is 27.7 Å². The van der Waals surface area contributed by atoms with Gasteiger partial charge in [0, 0.05) is 13.1 Å². The monoisotopic (exact) mass is 332 g/mol. The van der Waals surface area contributed by atoms with Crippen molar-refractivity contribution in [1.82, 2.24) is 15.4 Å². The van der Waals surface area contributed by atoms with Crippen molar-refractivity contribution in [3.05, 3.63) is 0 Å². The fourth-order valence-corrected chi connectivity index (χ4v) is 1.90. The summed E-state index contributed by atoms with van der Waals surface area (Å²) in [5, 5.41) is 2.50. The van der Waals surface area contributed by atoms with E-state index >= 15 is 0 Å². The van der Waals surface area contributed by atoms with E-state index < -0.39 is 5.91 Å². The molecular formula is C14H28N4O3S. The lowest BCUT2D eigenvalue weighted by atomic mass is 10.2. The van der Waals surface area contributed by atoms with Crippen LogP contribution in [0.3, 0.4) is 0 Å². The van der Waals surface area contributed by atoms with Crippen molar-refractivity contribution in [3.8, 4) is 0 Å². The van der Waals surface area contributed by atoms with Gasteiger partial charge in [0.2, 0.25) is 0 Å². The van der Waals surface area contributed by atoms with Crippen molar-refractivity contribution in [3.63, 3.8) is 0 Å². The van der Waals surface area contributed by atoms with Gasteiger partial charge in [0.25, 0.3) is 11.0 Å². The highest BCUT2D eigenvalue weighted by Gasteiger charge is 2.21. The minimum absolute atomic E-state index is 0.0204. The van der Waals surface area contributed by atoms with Crippen LogP contribution in [0, 0.1) is 11.8 Å². The van der Waals surface area contributed by atoms with Crippen LogP contribution in [0.2, 0.25) is 0 Å². The van der Waals surface area contributed by atoms with Gasteiger partial charge in [-0.25, -0.2) is 5.01 Å². The molecule has 0 atom stereocenters. The van der Waals surface area contributed by atoms with Gasteiger partial charge in [0.1, 0.15) is 0 Å². The Balaban J connectivity index is 4.71. The number of nitrogens with one attached hydrogen (secondary N) is 1. The van der Waals surface area contributed by atoms with Gasteiger partial charge in [-0.05, 0) is 31.0 Å². The van der Waals surface area contributed by atoms with E-state index in [1.165, 1.54) is 10.0 Å². The van der Waals surface area contributed by atoms with E-state index in [1.54, 1.807) is 6.92 Å². The fraction of sp³-hybridized carbons (Fsp3) is 0.786. The summed E-state index contributed by atoms with van der Waals surface area (Å²) in [5.74, 6) is 5.44. The van der Waals surface area contributed by atoms with Gasteiger partial charge in [-0.15, -0.1) is 0 Å². The zero-order chi connectivity index (χ0) is 17.3. The molecule has 22 heavy (non-hydrogen) atoms. The zero-order valence-corrected chi connectivity index (χ0v) is 14.9. The van der Waals surface area contributed by atoms with Crippen LogP contribution in [0.25, 0.3) is 0 Å². The summed E-state index contributed by atoms with van der Waals surface area (Å²) in [6.07, 6.45) is 0. The fourth-order valence-electron chi connectivity index (χ4n) is 1.73. The molecule has 0 radical (unpaired) electrons. The average molecular weight is 332 g/mol. The van der Waals surface area contributed by atoms with E-state index in [0.29, 0.717) is 25.6 Å². The van der Waals surface area contributed by atoms with Gasteiger partial charge in [-0.3, -0.25) is 25.9 Å². The van der Waals surface area contributed by atoms with Gasteiger partial charge in [0.05, 0.1) is 13.2 Å². The number of thiocarbonyl (C=S) groups is 1. The molecule has 0 saturated carbocycles. The van der Waals surface area contributed by atoms with Gasteiger partial charge >= 0.3 is 5.91 Å². The molecule has 0 aromatic rings. The largest absolute Gasteiger partial charge is 0.480 e. The summed E-state index contributed by atoms with van der Waals surface area (Å²) in [7, 11) is 0. The first-order valence-electron chi connectivity index (χ1n) is 7.45. The lowest BCUT2D eigenvalue weighted by Gasteiger charge is -2.27. The maximum absolute atomic E-state index is 12.3. The molecule has 0 rings (SSSR count). The van der Waals surface area contributed by atoms with Gasteiger partial charge < -0.3 is 4.74 Å². The van der Waals surface area contributed by atoms with E-state index in [9.17, 15) is 9.59 Å². The first-order valence-corrected chi connectivity index (χ1v) is 7.85. The molecule has 0 aliphatic carbocycles. The normalized spacial score (nSPS) is 11.0. The molecule has 3 N–H and O–H groups in total. The Morgan fingerprint density at radius 1 is 1.18 bits per heavy atom. The molecular weight excluding hydrogens is 304 g/mol. The second-order valence-electron chi connectivity index (χ2n) is 5.88. The Bertz CT molecular complexity index is 388. The number of carbonyl (C=O) groups is 2. The molecule has 0 saturated heterocycles. The second kappa shape index (κ2) is 10.5. The Kier molecular flexibility index (Phi) is 9.88. The summed E-state index contributed by atoms with van der Waals surface area (Å²) in [6, 6.07) is 0. The molecule has 7 nitrogen and oxygen atoms in total. The molecule has 0 aromatic heterocycles. The van der Waals surface area contributed by atoms with E-state index in [2.05, 4.69) is 5.43 Å². The van der Waals surface area contributed by atoms with Crippen LogP contribution < -0.4 is 11.3 Å². The molecule has 0 unspecified atom stereocenters. The van der Waals surface area contributed by atoms with Crippen molar-refractivity contribution < 1.29 is 14.3 Å². The topological polar surface area (TPSA) is 87.9 Å². The molecule has 8 heteroatoms. The molecule has 0 bridgehead atoms. The highest BCUT2D eigenvalue weighted by atomic mass is 32.1. The Hall–Kier alpha value is -1.25. The van der Waals surface area contributed by atoms with Crippen LogP contribution in [0.1, 0.15) is 34.6 Å². The third-order valence-electron chi connectivity index (χ3n) is 2.48. The molecule has 0 aliphatic rings. The second-order valence-corrected chi connectivity index (χ2v) is 6.25. The number of nitrogens with two attached hydrogens (primary N) is 1. The molecule has 2 amide bonds. The number of carbonyl (C=O) groups excluding carboxylic acids is 2. The minimum Gasteiger partial charge on any atom is -0.480 e. The van der Waals surface area contributed by atoms with Crippen molar-refractivity contribution in [2.24, 2.45) is 17.7 Å². The van der Waals surface area contributed by atoms with Crippen LogP contribution in [0.4, 0.5) is 0 Å². The molecule has 128 valence electrons. The molecule has 0 aliphatic heterocycles. The lowest BCUT2D eigenvalue weighted by Crippen LogP contribution is -2.54. The third-order valence-corrected chi connectivity index (χ3v) is 2.79. The SMILES string of the molecule is CCOC(=S)C(=O)NN(CC(C)C)C(=O)CN(N)CC(C)C. The quantitative estimate of drug-likeness (QED) is 0.405. The number of amides is 2. The summed E-state index contributed by atoms with van der Waals surface area (Å²) in [6.45, 7) is 10.9. The standard InChI is InChI=1S/C14H28N4O3S/c1-6-21-14(22)13(20)16-18(8-11(4)5)12(19)9-17(15)7-10(2)3/h10-11H,6-9,15H2,1-5H3,(H,16,20). The first-order chi connectivity index (χ1) is 10.2. The predicted octanol–water partition coefficient (Wildman–Crippen LogP) is 0.698. The van der Waals surface area contributed by atoms with E-state index in [0.717, 1.165) is 0 Å². The number of nitrogens with zero attached hydrogens (tertiary/aromatic N) is 2. The maximum Gasteiger partial charge on any atom is 0.316 e. The van der Waals surface area contributed by atoms with Gasteiger partial charge in [-0.2, -0.15) is 0 Å². The van der Waals surface area contributed by atoms with E-state index in [1.807, 2.05) is 27.7 Å². The van der Waals surface area contributed by atoms with Crippen LogP contribution in [-0.2, 0) is 14.3 Å². The Morgan fingerprint density at radius 3 is 2.18 bits per heavy atom. The average Bonchev–Trinajstić information content (AvgIpc) is 2.36. The number of rotatable bonds is 7. The third kappa shape index (κ3) is 8.91. The maximum atomic E-state index is 12.3. The van der Waals surface area contributed by atoms with Gasteiger partial charge in [0.15, 0.2) is 0 Å². The van der Waals surface area contributed by atoms with Crippen LogP contribution >= 0.6 is 12.2 Å². The van der Waals surface area contributed by atoms with Crippen molar-refractivity contribution in [2.75, 3.05) is 26.2 Å². The van der Waals surface area contributed by atoms with Crippen LogP contribution in [-0.4, -0.2) is 53.1 Å². The predicted molar refractivity (Wildman–Crippen MR) is 89.5 cm³/mol. The number of hydrogen-bond donors (Lipinski definition) is 2. The van der Waals surface area contributed by atoms with Crippen LogP contribution in [0.15, 0.2) is 0 Å². The zero-order valence-electron chi connectivity index (χ0n) is 14.1. The number of hydrogen-bond acceptors (Lipinski definition) is 6. The summed E-state index contributed by atoms with van der Waals surface area (Å²) in [4.78, 5) is 24.2.